The van der Waals surface area contributed by atoms with Gasteiger partial charge in [-0.3, -0.25) is 0 Å². The summed E-state index contributed by atoms with van der Waals surface area (Å²) in [5.41, 5.74) is 9.54. The summed E-state index contributed by atoms with van der Waals surface area (Å²) in [6, 6.07) is 10.5. The van der Waals surface area contributed by atoms with Gasteiger partial charge in [-0.2, -0.15) is 0 Å². The van der Waals surface area contributed by atoms with Gasteiger partial charge in [0.25, 0.3) is 0 Å². The summed E-state index contributed by atoms with van der Waals surface area (Å²) < 4.78 is 0. The molecule has 14 heavy (non-hydrogen) atoms. The molecule has 0 unspecified atom stereocenters. The first-order valence-electron chi connectivity index (χ1n) is 5.00. The maximum atomic E-state index is 5.93. The quantitative estimate of drug-likeness (QED) is 0.678. The van der Waals surface area contributed by atoms with Crippen LogP contribution in [0.5, 0.6) is 0 Å². The summed E-state index contributed by atoms with van der Waals surface area (Å²) in [5, 5.41) is 2.41. The van der Waals surface area contributed by atoms with E-state index in [-0.39, 0.29) is 0 Å². The van der Waals surface area contributed by atoms with E-state index in [1.165, 1.54) is 21.9 Å². The highest BCUT2D eigenvalue weighted by molar-refractivity contribution is 5.93. The average molecular weight is 185 g/mol. The highest BCUT2D eigenvalue weighted by atomic mass is 14.5. The van der Waals surface area contributed by atoms with Crippen molar-refractivity contribution in [3.8, 4) is 0 Å². The van der Waals surface area contributed by atoms with Crippen LogP contribution in [0.3, 0.4) is 0 Å². The lowest BCUT2D eigenvalue weighted by Crippen LogP contribution is -1.91. The van der Waals surface area contributed by atoms with Crippen LogP contribution in [0.1, 0.15) is 18.1 Å². The summed E-state index contributed by atoms with van der Waals surface area (Å²) in [6.45, 7) is 4.33. The molecule has 0 fully saturated rings. The molecule has 0 amide bonds. The third-order valence-electron chi connectivity index (χ3n) is 2.75. The molecular weight excluding hydrogens is 170 g/mol. The van der Waals surface area contributed by atoms with Gasteiger partial charge in [-0.1, -0.05) is 25.1 Å². The van der Waals surface area contributed by atoms with E-state index in [2.05, 4.69) is 32.0 Å². The van der Waals surface area contributed by atoms with Crippen LogP contribution in [-0.2, 0) is 6.42 Å². The second-order valence-electron chi connectivity index (χ2n) is 3.70. The molecule has 0 aliphatic heterocycles. The molecule has 0 bridgehead atoms. The molecule has 1 nitrogen and oxygen atoms in total. The van der Waals surface area contributed by atoms with E-state index in [1.54, 1.807) is 0 Å². The fourth-order valence-corrected chi connectivity index (χ4v) is 1.89. The molecule has 2 aromatic rings. The average Bonchev–Trinajstić information content (AvgIpc) is 2.17. The highest BCUT2D eigenvalue weighted by Crippen LogP contribution is 2.24. The summed E-state index contributed by atoms with van der Waals surface area (Å²) in [4.78, 5) is 0. The normalized spacial score (nSPS) is 10.7. The van der Waals surface area contributed by atoms with Crippen LogP contribution in [0.15, 0.2) is 30.3 Å². The Morgan fingerprint density at radius 3 is 2.71 bits per heavy atom. The Morgan fingerprint density at radius 2 is 2.00 bits per heavy atom. The molecule has 72 valence electrons. The van der Waals surface area contributed by atoms with Crippen molar-refractivity contribution in [1.29, 1.82) is 0 Å². The van der Waals surface area contributed by atoms with Crippen molar-refractivity contribution in [2.24, 2.45) is 0 Å². The largest absolute Gasteiger partial charge is 0.398 e. The molecule has 0 aliphatic rings. The first-order valence-corrected chi connectivity index (χ1v) is 5.00. The Kier molecular flexibility index (Phi) is 2.16. The molecule has 0 atom stereocenters. The van der Waals surface area contributed by atoms with Crippen LogP contribution in [0, 0.1) is 6.92 Å². The molecule has 0 radical (unpaired) electrons. The number of benzene rings is 2. The van der Waals surface area contributed by atoms with Crippen molar-refractivity contribution in [1.82, 2.24) is 0 Å². The smallest absolute Gasteiger partial charge is 0.0393 e. The fourth-order valence-electron chi connectivity index (χ4n) is 1.89. The summed E-state index contributed by atoms with van der Waals surface area (Å²) in [5.74, 6) is 0. The van der Waals surface area contributed by atoms with Gasteiger partial charge in [0, 0.05) is 11.1 Å². The Hall–Kier alpha value is -1.50. The summed E-state index contributed by atoms with van der Waals surface area (Å²) in [6.07, 6.45) is 1.07. The first kappa shape index (κ1) is 9.07. The van der Waals surface area contributed by atoms with Crippen LogP contribution < -0.4 is 5.73 Å². The second-order valence-corrected chi connectivity index (χ2v) is 3.70. The molecule has 0 saturated carbocycles. The Bertz CT molecular complexity index is 472. The van der Waals surface area contributed by atoms with Gasteiger partial charge in [0.15, 0.2) is 0 Å². The van der Waals surface area contributed by atoms with Crippen LogP contribution in [0.2, 0.25) is 0 Å². The summed E-state index contributed by atoms with van der Waals surface area (Å²) in [7, 11) is 0. The zero-order chi connectivity index (χ0) is 10.1. The lowest BCUT2D eigenvalue weighted by Gasteiger charge is -2.07. The van der Waals surface area contributed by atoms with Crippen molar-refractivity contribution in [2.45, 2.75) is 20.3 Å². The fraction of sp³-hybridized carbons (Fsp3) is 0.231. The first-order chi connectivity index (χ1) is 6.72. The lowest BCUT2D eigenvalue weighted by atomic mass is 9.99. The molecule has 2 N–H and O–H groups in total. The van der Waals surface area contributed by atoms with Gasteiger partial charge in [-0.25, -0.2) is 0 Å². The van der Waals surface area contributed by atoms with Crippen molar-refractivity contribution in [3.63, 3.8) is 0 Å². The standard InChI is InChI=1S/C13H15N/c1-3-10-8-12-11(7-9(10)2)5-4-6-13(12)14/h4-8H,3,14H2,1-2H3. The minimum Gasteiger partial charge on any atom is -0.398 e. The molecule has 1 heteroatoms. The monoisotopic (exact) mass is 185 g/mol. The Labute approximate surface area is 84.5 Å². The predicted molar refractivity (Wildman–Crippen MR) is 62.5 cm³/mol. The zero-order valence-corrected chi connectivity index (χ0v) is 8.67. The molecule has 0 spiro atoms. The van der Waals surface area contributed by atoms with E-state index in [4.69, 9.17) is 5.73 Å². The molecular formula is C13H15N. The van der Waals surface area contributed by atoms with Crippen LogP contribution in [0.4, 0.5) is 5.69 Å². The van der Waals surface area contributed by atoms with Crippen molar-refractivity contribution in [3.05, 3.63) is 41.5 Å². The van der Waals surface area contributed by atoms with Crippen LogP contribution in [-0.4, -0.2) is 0 Å². The minimum absolute atomic E-state index is 0.872. The van der Waals surface area contributed by atoms with Crippen LogP contribution >= 0.6 is 0 Å². The van der Waals surface area contributed by atoms with Gasteiger partial charge in [0.05, 0.1) is 0 Å². The maximum absolute atomic E-state index is 5.93. The third-order valence-corrected chi connectivity index (χ3v) is 2.75. The predicted octanol–water partition coefficient (Wildman–Crippen LogP) is 3.29. The van der Waals surface area contributed by atoms with E-state index in [0.717, 1.165) is 12.1 Å². The number of hydrogen-bond acceptors (Lipinski definition) is 1. The van der Waals surface area contributed by atoms with Gasteiger partial charge in [-0.05, 0) is 42.0 Å². The Balaban J connectivity index is 2.80. The molecule has 0 heterocycles. The SMILES string of the molecule is CCc1cc2c(N)cccc2cc1C. The van der Waals surface area contributed by atoms with Gasteiger partial charge in [0.1, 0.15) is 0 Å². The number of rotatable bonds is 1. The number of anilines is 1. The van der Waals surface area contributed by atoms with Crippen LogP contribution in [0.25, 0.3) is 10.8 Å². The van der Waals surface area contributed by atoms with Crippen molar-refractivity contribution >= 4 is 16.5 Å². The maximum Gasteiger partial charge on any atom is 0.0393 e. The zero-order valence-electron chi connectivity index (χ0n) is 8.67. The number of aryl methyl sites for hydroxylation is 2. The van der Waals surface area contributed by atoms with Crippen molar-refractivity contribution in [2.75, 3.05) is 5.73 Å². The highest BCUT2D eigenvalue weighted by Gasteiger charge is 2.01. The van der Waals surface area contributed by atoms with E-state index in [0.29, 0.717) is 0 Å². The van der Waals surface area contributed by atoms with E-state index in [1.807, 2.05) is 12.1 Å². The molecule has 0 saturated heterocycles. The number of nitrogen functional groups attached to an aromatic ring is 1. The molecule has 0 aliphatic carbocycles. The molecule has 2 aromatic carbocycles. The van der Waals surface area contributed by atoms with Crippen molar-refractivity contribution < 1.29 is 0 Å². The minimum atomic E-state index is 0.872. The van der Waals surface area contributed by atoms with Gasteiger partial charge in [0.2, 0.25) is 0 Å². The van der Waals surface area contributed by atoms with E-state index < -0.39 is 0 Å². The number of hydrogen-bond donors (Lipinski definition) is 1. The lowest BCUT2D eigenvalue weighted by molar-refractivity contribution is 1.12. The summed E-state index contributed by atoms with van der Waals surface area (Å²) >= 11 is 0. The number of nitrogens with two attached hydrogens (primary N) is 1. The van der Waals surface area contributed by atoms with Gasteiger partial charge in [-0.15, -0.1) is 0 Å². The third kappa shape index (κ3) is 1.35. The topological polar surface area (TPSA) is 26.0 Å². The number of fused-ring (bicyclic) bond motifs is 1. The van der Waals surface area contributed by atoms with E-state index in [9.17, 15) is 0 Å². The second kappa shape index (κ2) is 3.33. The van der Waals surface area contributed by atoms with Gasteiger partial charge >= 0.3 is 0 Å². The molecule has 0 aromatic heterocycles. The molecule has 2 rings (SSSR count). The van der Waals surface area contributed by atoms with E-state index >= 15 is 0 Å². The van der Waals surface area contributed by atoms with Gasteiger partial charge < -0.3 is 5.73 Å². The Morgan fingerprint density at radius 1 is 1.21 bits per heavy atom.